The molecule has 1 aliphatic heterocycles. The first-order chi connectivity index (χ1) is 21.2. The van der Waals surface area contributed by atoms with Crippen LogP contribution >= 0.6 is 0 Å². The highest BCUT2D eigenvalue weighted by Gasteiger charge is 2.36. The SMILES string of the molecule is O=C(O)c1[nH]c2c(-c3ccc(C(=O)N4CCOCC4)cc3C(F)(F)F)cccc2c1CCCOc1cccc2ccccc12. The van der Waals surface area contributed by atoms with Gasteiger partial charge in [0.1, 0.15) is 11.4 Å². The van der Waals surface area contributed by atoms with Crippen LogP contribution in [0.3, 0.4) is 0 Å². The third-order valence-corrected chi connectivity index (χ3v) is 7.89. The highest BCUT2D eigenvalue weighted by atomic mass is 19.4. The number of aryl methyl sites for hydroxylation is 1. The summed E-state index contributed by atoms with van der Waals surface area (Å²) in [7, 11) is 0. The van der Waals surface area contributed by atoms with Crippen LogP contribution in [0.1, 0.15) is 38.4 Å². The molecule has 0 spiro atoms. The number of aromatic carboxylic acids is 1. The molecule has 0 atom stereocenters. The van der Waals surface area contributed by atoms with Crippen LogP contribution in [0.25, 0.3) is 32.8 Å². The van der Waals surface area contributed by atoms with E-state index >= 15 is 0 Å². The molecule has 226 valence electrons. The first-order valence-corrected chi connectivity index (χ1v) is 14.3. The van der Waals surface area contributed by atoms with Crippen molar-refractivity contribution in [3.63, 3.8) is 0 Å². The zero-order valence-corrected chi connectivity index (χ0v) is 23.6. The van der Waals surface area contributed by atoms with Crippen molar-refractivity contribution in [2.45, 2.75) is 19.0 Å². The molecule has 1 aliphatic rings. The van der Waals surface area contributed by atoms with Crippen LogP contribution in [0.4, 0.5) is 13.2 Å². The molecule has 0 bridgehead atoms. The fourth-order valence-electron chi connectivity index (χ4n) is 5.79. The summed E-state index contributed by atoms with van der Waals surface area (Å²) in [5.41, 5.74) is -0.298. The molecule has 1 aromatic heterocycles. The summed E-state index contributed by atoms with van der Waals surface area (Å²) in [4.78, 5) is 29.6. The van der Waals surface area contributed by atoms with E-state index in [-0.39, 0.29) is 27.9 Å². The van der Waals surface area contributed by atoms with Gasteiger partial charge in [-0.05, 0) is 47.6 Å². The van der Waals surface area contributed by atoms with Gasteiger partial charge in [-0.3, -0.25) is 4.79 Å². The summed E-state index contributed by atoms with van der Waals surface area (Å²) in [6.45, 7) is 1.58. The highest BCUT2D eigenvalue weighted by Crippen LogP contribution is 2.41. The molecule has 6 rings (SSSR count). The summed E-state index contributed by atoms with van der Waals surface area (Å²) in [5, 5.41) is 12.5. The number of carbonyl (C=O) groups excluding carboxylic acids is 1. The molecular weight excluding hydrogens is 573 g/mol. The van der Waals surface area contributed by atoms with Crippen molar-refractivity contribution >= 4 is 33.6 Å². The van der Waals surface area contributed by atoms with Gasteiger partial charge >= 0.3 is 12.1 Å². The number of hydrogen-bond acceptors (Lipinski definition) is 4. The first kappa shape index (κ1) is 29.3. The van der Waals surface area contributed by atoms with Gasteiger partial charge in [-0.1, -0.05) is 60.7 Å². The number of benzene rings is 4. The Morgan fingerprint density at radius 1 is 0.909 bits per heavy atom. The molecule has 0 unspecified atom stereocenters. The van der Waals surface area contributed by atoms with E-state index in [1.807, 2.05) is 42.5 Å². The lowest BCUT2D eigenvalue weighted by Gasteiger charge is -2.27. The summed E-state index contributed by atoms with van der Waals surface area (Å²) in [6.07, 6.45) is -3.95. The maximum Gasteiger partial charge on any atom is 0.417 e. The van der Waals surface area contributed by atoms with Crippen LogP contribution in [0, 0.1) is 0 Å². The number of aromatic nitrogens is 1. The van der Waals surface area contributed by atoms with Crippen molar-refractivity contribution in [3.8, 4) is 16.9 Å². The van der Waals surface area contributed by atoms with Gasteiger partial charge < -0.3 is 24.5 Å². The van der Waals surface area contributed by atoms with E-state index in [4.69, 9.17) is 9.47 Å². The van der Waals surface area contributed by atoms with Gasteiger partial charge in [0.2, 0.25) is 0 Å². The molecule has 5 aromatic rings. The number of hydrogen-bond donors (Lipinski definition) is 2. The molecule has 1 saturated heterocycles. The van der Waals surface area contributed by atoms with E-state index in [9.17, 15) is 27.9 Å². The predicted molar refractivity (Wildman–Crippen MR) is 160 cm³/mol. The second kappa shape index (κ2) is 12.0. The number of carbonyl (C=O) groups is 2. The second-order valence-corrected chi connectivity index (χ2v) is 10.6. The number of morpholine rings is 1. The minimum absolute atomic E-state index is 0.0697. The smallest absolute Gasteiger partial charge is 0.417 e. The molecule has 0 radical (unpaired) electrons. The topological polar surface area (TPSA) is 91.9 Å². The van der Waals surface area contributed by atoms with E-state index in [0.717, 1.165) is 22.6 Å². The molecule has 2 heterocycles. The van der Waals surface area contributed by atoms with Gasteiger partial charge in [-0.25, -0.2) is 4.79 Å². The number of para-hydroxylation sites is 1. The average Bonchev–Trinajstić information content (AvgIpc) is 3.41. The molecule has 0 saturated carbocycles. The number of aromatic amines is 1. The molecule has 7 nitrogen and oxygen atoms in total. The van der Waals surface area contributed by atoms with Crippen molar-refractivity contribution in [2.24, 2.45) is 0 Å². The van der Waals surface area contributed by atoms with Gasteiger partial charge in [0.05, 0.1) is 30.9 Å². The van der Waals surface area contributed by atoms with Crippen LogP contribution in [-0.2, 0) is 17.3 Å². The Morgan fingerprint density at radius 3 is 2.41 bits per heavy atom. The third kappa shape index (κ3) is 5.72. The Morgan fingerprint density at radius 2 is 1.64 bits per heavy atom. The lowest BCUT2D eigenvalue weighted by Crippen LogP contribution is -2.40. The van der Waals surface area contributed by atoms with Crippen molar-refractivity contribution in [1.82, 2.24) is 9.88 Å². The summed E-state index contributed by atoms with van der Waals surface area (Å²) < 4.78 is 54.5. The lowest BCUT2D eigenvalue weighted by atomic mass is 9.94. The Labute approximate surface area is 250 Å². The Hall–Kier alpha value is -4.83. The average molecular weight is 603 g/mol. The molecule has 1 fully saturated rings. The van der Waals surface area contributed by atoms with Crippen LogP contribution in [0.5, 0.6) is 5.75 Å². The monoisotopic (exact) mass is 602 g/mol. The van der Waals surface area contributed by atoms with E-state index in [0.29, 0.717) is 56.7 Å². The number of nitrogens with one attached hydrogen (secondary N) is 1. The van der Waals surface area contributed by atoms with Crippen LogP contribution in [-0.4, -0.2) is 59.8 Å². The number of fused-ring (bicyclic) bond motifs is 2. The maximum absolute atomic E-state index is 14.4. The quantitative estimate of drug-likeness (QED) is 0.184. The van der Waals surface area contributed by atoms with Crippen LogP contribution in [0.15, 0.2) is 78.9 Å². The fourth-order valence-corrected chi connectivity index (χ4v) is 5.79. The number of rotatable bonds is 8. The molecule has 0 aliphatic carbocycles. The lowest BCUT2D eigenvalue weighted by molar-refractivity contribution is -0.137. The zero-order chi connectivity index (χ0) is 30.8. The summed E-state index contributed by atoms with van der Waals surface area (Å²) in [5.74, 6) is -0.984. The van der Waals surface area contributed by atoms with Crippen molar-refractivity contribution < 1.29 is 37.3 Å². The number of carboxylic acid groups (broad SMARTS) is 1. The van der Waals surface area contributed by atoms with Crippen LogP contribution < -0.4 is 4.74 Å². The molecular formula is C34H29F3N2O5. The molecule has 2 N–H and O–H groups in total. The molecule has 4 aromatic carbocycles. The first-order valence-electron chi connectivity index (χ1n) is 14.3. The number of alkyl halides is 3. The second-order valence-electron chi connectivity index (χ2n) is 10.6. The number of nitrogens with zero attached hydrogens (tertiary/aromatic N) is 1. The third-order valence-electron chi connectivity index (χ3n) is 7.89. The number of H-pyrrole nitrogens is 1. The van der Waals surface area contributed by atoms with E-state index in [1.165, 1.54) is 23.1 Å². The number of halogens is 3. The Kier molecular flexibility index (Phi) is 8.01. The predicted octanol–water partition coefficient (Wildman–Crippen LogP) is 7.19. The molecule has 10 heteroatoms. The van der Waals surface area contributed by atoms with Gasteiger partial charge in [-0.2, -0.15) is 13.2 Å². The van der Waals surface area contributed by atoms with Gasteiger partial charge in [0.15, 0.2) is 0 Å². The normalized spacial score (nSPS) is 13.8. The van der Waals surface area contributed by atoms with E-state index < -0.39 is 23.6 Å². The largest absolute Gasteiger partial charge is 0.493 e. The standard InChI is InChI=1S/C34H29F3N2O5/c35-34(36,37)28-20-22(32(40)39-15-18-43-19-16-39)13-14-24(28)25-9-4-10-26-27(31(33(41)42)38-30(25)26)11-5-17-44-29-12-3-7-21-6-1-2-8-23(21)29/h1-4,6-10,12-14,20,38H,5,11,15-19H2,(H,41,42). The van der Waals surface area contributed by atoms with E-state index in [1.54, 1.807) is 12.1 Å². The van der Waals surface area contributed by atoms with Crippen molar-refractivity contribution in [2.75, 3.05) is 32.9 Å². The van der Waals surface area contributed by atoms with Crippen molar-refractivity contribution in [1.29, 1.82) is 0 Å². The Balaban J connectivity index is 1.31. The number of ether oxygens (including phenoxy) is 2. The zero-order valence-electron chi connectivity index (χ0n) is 23.6. The van der Waals surface area contributed by atoms with E-state index in [2.05, 4.69) is 4.98 Å². The minimum atomic E-state index is -4.76. The number of amides is 1. The summed E-state index contributed by atoms with van der Waals surface area (Å²) in [6, 6.07) is 22.0. The van der Waals surface area contributed by atoms with Gasteiger partial charge in [0, 0.05) is 35.0 Å². The summed E-state index contributed by atoms with van der Waals surface area (Å²) >= 11 is 0. The fraction of sp³-hybridized carbons (Fsp3) is 0.235. The van der Waals surface area contributed by atoms with Gasteiger partial charge in [0.25, 0.3) is 5.91 Å². The maximum atomic E-state index is 14.4. The number of carboxylic acids is 1. The van der Waals surface area contributed by atoms with Gasteiger partial charge in [-0.15, -0.1) is 0 Å². The molecule has 44 heavy (non-hydrogen) atoms. The minimum Gasteiger partial charge on any atom is -0.493 e. The van der Waals surface area contributed by atoms with Crippen molar-refractivity contribution in [3.05, 3.63) is 101 Å². The Bertz CT molecular complexity index is 1850. The molecule has 1 amide bonds. The van der Waals surface area contributed by atoms with Crippen LogP contribution in [0.2, 0.25) is 0 Å². The highest BCUT2D eigenvalue weighted by molar-refractivity contribution is 6.04.